The summed E-state index contributed by atoms with van der Waals surface area (Å²) in [5.74, 6) is -4.15. The second-order valence-corrected chi connectivity index (χ2v) is 14.4. The van der Waals surface area contributed by atoms with Gasteiger partial charge in [0.2, 0.25) is 0 Å². The van der Waals surface area contributed by atoms with Crippen LogP contribution in [0.25, 0.3) is 0 Å². The fraction of sp³-hybridized carbons (Fsp3) is 0.900. The van der Waals surface area contributed by atoms with Crippen LogP contribution in [0.3, 0.4) is 0 Å². The molecule has 0 spiro atoms. The number of carbonyl (C=O) groups excluding carboxylic acids is 3. The van der Waals surface area contributed by atoms with Crippen LogP contribution in [-0.4, -0.2) is 67.6 Å². The SMILES string of the molecule is CCCCCCCCCCCCCCCC(=O)C(O)C(O)(C(=O)CCCCCCCCCCCCCCC)C(O)C(=O)C(N)CCC(=O)O. The van der Waals surface area contributed by atoms with E-state index in [0.717, 1.165) is 44.9 Å². The molecule has 0 aliphatic heterocycles. The van der Waals surface area contributed by atoms with Crippen LogP contribution < -0.4 is 5.73 Å². The molecule has 49 heavy (non-hydrogen) atoms. The molecule has 288 valence electrons. The molecule has 0 radical (unpaired) electrons. The average Bonchev–Trinajstić information content (AvgIpc) is 3.09. The molecule has 0 aliphatic carbocycles. The van der Waals surface area contributed by atoms with Crippen LogP contribution in [0, 0.1) is 0 Å². The topological polar surface area (TPSA) is 175 Å². The molecule has 0 saturated heterocycles. The van der Waals surface area contributed by atoms with E-state index in [4.69, 9.17) is 10.8 Å². The third-order valence-corrected chi connectivity index (χ3v) is 9.92. The van der Waals surface area contributed by atoms with Crippen molar-refractivity contribution in [3.63, 3.8) is 0 Å². The molecule has 0 aromatic rings. The van der Waals surface area contributed by atoms with Gasteiger partial charge in [-0.1, -0.05) is 168 Å². The van der Waals surface area contributed by atoms with E-state index < -0.39 is 53.6 Å². The Morgan fingerprint density at radius 2 is 0.837 bits per heavy atom. The van der Waals surface area contributed by atoms with Crippen LogP contribution in [0.15, 0.2) is 0 Å². The van der Waals surface area contributed by atoms with Gasteiger partial charge in [0.15, 0.2) is 35.2 Å². The lowest BCUT2D eigenvalue weighted by atomic mass is 9.78. The maximum Gasteiger partial charge on any atom is 0.303 e. The van der Waals surface area contributed by atoms with E-state index in [0.29, 0.717) is 19.3 Å². The number of aliphatic hydroxyl groups excluding tert-OH is 2. The highest BCUT2D eigenvalue weighted by Gasteiger charge is 2.54. The van der Waals surface area contributed by atoms with Crippen LogP contribution >= 0.6 is 0 Å². The minimum atomic E-state index is -3.04. The zero-order valence-electron chi connectivity index (χ0n) is 31.4. The van der Waals surface area contributed by atoms with E-state index in [9.17, 15) is 34.5 Å². The number of aliphatic carboxylic acids is 1. The Bertz CT molecular complexity index is 865. The first-order valence-corrected chi connectivity index (χ1v) is 20.2. The maximum atomic E-state index is 13.3. The molecule has 4 atom stereocenters. The first-order valence-electron chi connectivity index (χ1n) is 20.2. The Morgan fingerprint density at radius 3 is 1.18 bits per heavy atom. The van der Waals surface area contributed by atoms with Gasteiger partial charge in [-0.25, -0.2) is 0 Å². The predicted molar refractivity (Wildman–Crippen MR) is 197 cm³/mol. The minimum absolute atomic E-state index is 0.0980. The lowest BCUT2D eigenvalue weighted by Crippen LogP contribution is -2.65. The normalized spacial score (nSPS) is 14.7. The monoisotopic (exact) mass is 698 g/mol. The van der Waals surface area contributed by atoms with Gasteiger partial charge in [-0.15, -0.1) is 0 Å². The van der Waals surface area contributed by atoms with Crippen LogP contribution in [0.5, 0.6) is 0 Å². The summed E-state index contributed by atoms with van der Waals surface area (Å²) in [5.41, 5.74) is 2.75. The summed E-state index contributed by atoms with van der Waals surface area (Å²) < 4.78 is 0. The molecule has 6 N–H and O–H groups in total. The van der Waals surface area contributed by atoms with Gasteiger partial charge >= 0.3 is 5.97 Å². The molecule has 0 aliphatic rings. The van der Waals surface area contributed by atoms with Crippen LogP contribution in [0.2, 0.25) is 0 Å². The Balaban J connectivity index is 4.81. The molecule has 0 heterocycles. The van der Waals surface area contributed by atoms with Crippen molar-refractivity contribution in [2.45, 2.75) is 230 Å². The van der Waals surface area contributed by atoms with Crippen molar-refractivity contribution < 1.29 is 39.6 Å². The molecule has 0 aromatic heterocycles. The average molecular weight is 698 g/mol. The molecule has 9 heteroatoms. The Kier molecular flexibility index (Phi) is 30.0. The predicted octanol–water partition coefficient (Wildman–Crippen LogP) is 8.30. The van der Waals surface area contributed by atoms with E-state index in [1.165, 1.54) is 103 Å². The molecule has 0 rings (SSSR count). The van der Waals surface area contributed by atoms with E-state index in [1.807, 2.05) is 0 Å². The zero-order valence-corrected chi connectivity index (χ0v) is 31.4. The van der Waals surface area contributed by atoms with Crippen molar-refractivity contribution in [3.05, 3.63) is 0 Å². The lowest BCUT2D eigenvalue weighted by molar-refractivity contribution is -0.182. The van der Waals surface area contributed by atoms with Gasteiger partial charge in [0.1, 0.15) is 0 Å². The Hall–Kier alpha value is -1.68. The first kappa shape index (κ1) is 47.3. The van der Waals surface area contributed by atoms with E-state index >= 15 is 0 Å². The van der Waals surface area contributed by atoms with E-state index in [1.54, 1.807) is 0 Å². The van der Waals surface area contributed by atoms with Crippen LogP contribution in [0.1, 0.15) is 206 Å². The summed E-state index contributed by atoms with van der Waals surface area (Å²) in [6, 6.07) is -1.48. The van der Waals surface area contributed by atoms with Crippen molar-refractivity contribution in [1.29, 1.82) is 0 Å². The van der Waals surface area contributed by atoms with Crippen molar-refractivity contribution in [2.24, 2.45) is 5.73 Å². The minimum Gasteiger partial charge on any atom is -0.481 e. The number of nitrogens with two attached hydrogens (primary N) is 1. The second-order valence-electron chi connectivity index (χ2n) is 14.4. The van der Waals surface area contributed by atoms with Crippen LogP contribution in [0.4, 0.5) is 0 Å². The van der Waals surface area contributed by atoms with Crippen molar-refractivity contribution >= 4 is 23.3 Å². The van der Waals surface area contributed by atoms with Gasteiger partial charge in [0, 0.05) is 19.3 Å². The van der Waals surface area contributed by atoms with Gasteiger partial charge in [0.05, 0.1) is 6.04 Å². The molecule has 4 unspecified atom stereocenters. The molecule has 9 nitrogen and oxygen atoms in total. The van der Waals surface area contributed by atoms with Gasteiger partial charge < -0.3 is 26.2 Å². The number of carboxylic acid groups (broad SMARTS) is 1. The number of rotatable bonds is 37. The summed E-state index contributed by atoms with van der Waals surface area (Å²) in [4.78, 5) is 50.2. The molecule has 0 fully saturated rings. The number of aliphatic hydroxyl groups is 3. The van der Waals surface area contributed by atoms with E-state index in [2.05, 4.69) is 13.8 Å². The highest BCUT2D eigenvalue weighted by molar-refractivity contribution is 6.02. The maximum absolute atomic E-state index is 13.3. The van der Waals surface area contributed by atoms with E-state index in [-0.39, 0.29) is 19.3 Å². The summed E-state index contributed by atoms with van der Waals surface area (Å²) in [6.45, 7) is 4.44. The molecule has 0 aromatic carbocycles. The highest BCUT2D eigenvalue weighted by atomic mass is 16.4. The number of carboxylic acids is 1. The van der Waals surface area contributed by atoms with Crippen LogP contribution in [-0.2, 0) is 19.2 Å². The number of Topliss-reactive ketones (excluding diaryl/α,β-unsaturated/α-hetero) is 3. The zero-order chi connectivity index (χ0) is 36.8. The Labute approximate surface area is 298 Å². The van der Waals surface area contributed by atoms with Gasteiger partial charge in [-0.05, 0) is 19.3 Å². The number of unbranched alkanes of at least 4 members (excludes halogenated alkanes) is 24. The summed E-state index contributed by atoms with van der Waals surface area (Å²) in [6.07, 6.45) is 23.0. The van der Waals surface area contributed by atoms with Gasteiger partial charge in [-0.2, -0.15) is 0 Å². The first-order chi connectivity index (χ1) is 23.5. The quantitative estimate of drug-likeness (QED) is 0.0400. The third kappa shape index (κ3) is 22.7. The largest absolute Gasteiger partial charge is 0.481 e. The fourth-order valence-corrected chi connectivity index (χ4v) is 6.50. The third-order valence-electron chi connectivity index (χ3n) is 9.92. The highest BCUT2D eigenvalue weighted by Crippen LogP contribution is 2.26. The molecule has 0 saturated carbocycles. The summed E-state index contributed by atoms with van der Waals surface area (Å²) in [7, 11) is 0. The summed E-state index contributed by atoms with van der Waals surface area (Å²) in [5, 5.41) is 42.2. The van der Waals surface area contributed by atoms with Crippen molar-refractivity contribution in [1.82, 2.24) is 0 Å². The number of carbonyl (C=O) groups is 4. The molecule has 0 amide bonds. The van der Waals surface area contributed by atoms with Gasteiger partial charge in [0.25, 0.3) is 0 Å². The second kappa shape index (κ2) is 31.1. The lowest BCUT2D eigenvalue weighted by Gasteiger charge is -2.35. The Morgan fingerprint density at radius 1 is 0.510 bits per heavy atom. The van der Waals surface area contributed by atoms with Gasteiger partial charge in [-0.3, -0.25) is 19.2 Å². The van der Waals surface area contributed by atoms with Crippen molar-refractivity contribution in [3.8, 4) is 0 Å². The smallest absolute Gasteiger partial charge is 0.303 e. The molecular weight excluding hydrogens is 622 g/mol. The fourth-order valence-electron chi connectivity index (χ4n) is 6.50. The summed E-state index contributed by atoms with van der Waals surface area (Å²) >= 11 is 0. The number of hydrogen-bond donors (Lipinski definition) is 5. The standard InChI is InChI=1S/C40H75NO8/c1-3-5-7-9-11-13-15-17-19-21-23-25-27-29-34(42)38(47)40(49,39(48)37(46)33(41)31-32-36(44)45)35(43)30-28-26-24-22-20-18-16-14-12-10-8-6-4-2/h33,38-39,47-49H,3-32,41H2,1-2H3,(H,44,45). The number of ketones is 3. The molecule has 0 bridgehead atoms. The van der Waals surface area contributed by atoms with Crippen molar-refractivity contribution in [2.75, 3.05) is 0 Å². The number of hydrogen-bond acceptors (Lipinski definition) is 8. The molecular formula is C40H75NO8.